The third-order valence-corrected chi connectivity index (χ3v) is 5.77. The van der Waals surface area contributed by atoms with E-state index in [9.17, 15) is 8.78 Å². The third-order valence-electron chi connectivity index (χ3n) is 4.78. The van der Waals surface area contributed by atoms with Crippen LogP contribution in [-0.4, -0.2) is 31.5 Å². The minimum absolute atomic E-state index is 0.0901. The first-order valence-electron chi connectivity index (χ1n) is 9.19. The molecular weight excluding hydrogens is 424 g/mol. The Morgan fingerprint density at radius 3 is 2.65 bits per heavy atom. The van der Waals surface area contributed by atoms with Gasteiger partial charge in [-0.1, -0.05) is 15.9 Å². The number of benzene rings is 1. The largest absolute Gasteiger partial charge is 0.498 e. The van der Waals surface area contributed by atoms with E-state index in [-0.39, 0.29) is 18.8 Å². The zero-order valence-electron chi connectivity index (χ0n) is 15.4. The molecule has 1 aromatic carbocycles. The molecule has 0 radical (unpaired) electrons. The van der Waals surface area contributed by atoms with Crippen LogP contribution >= 0.6 is 27.5 Å². The van der Waals surface area contributed by atoms with Crippen LogP contribution < -0.4 is 4.90 Å². The molecule has 1 heterocycles. The quantitative estimate of drug-likeness (QED) is 0.322. The van der Waals surface area contributed by atoms with Crippen LogP contribution in [0.4, 0.5) is 14.5 Å². The predicted molar refractivity (Wildman–Crippen MR) is 109 cm³/mol. The maximum atomic E-state index is 13.5. The second kappa shape index (κ2) is 9.93. The van der Waals surface area contributed by atoms with Gasteiger partial charge in [-0.15, -0.1) is 11.6 Å². The molecule has 26 heavy (non-hydrogen) atoms. The number of hydrogen-bond donors (Lipinski definition) is 0. The Bertz CT molecular complexity index is 614. The molecule has 0 aliphatic carbocycles. The molecule has 1 aliphatic rings. The van der Waals surface area contributed by atoms with Gasteiger partial charge in [0.15, 0.2) is 0 Å². The van der Waals surface area contributed by atoms with Crippen molar-refractivity contribution in [2.75, 3.05) is 30.5 Å². The number of rotatable bonds is 8. The lowest BCUT2D eigenvalue weighted by molar-refractivity contribution is -0.0220. The highest BCUT2D eigenvalue weighted by Crippen LogP contribution is 2.38. The summed E-state index contributed by atoms with van der Waals surface area (Å²) >= 11 is 9.59. The average molecular weight is 451 g/mol. The van der Waals surface area contributed by atoms with Crippen LogP contribution in [0.3, 0.4) is 0 Å². The van der Waals surface area contributed by atoms with E-state index in [0.29, 0.717) is 25.6 Å². The molecule has 0 bridgehead atoms. The molecule has 146 valence electrons. The summed E-state index contributed by atoms with van der Waals surface area (Å²) in [5.74, 6) is -0.914. The predicted octanol–water partition coefficient (Wildman–Crippen LogP) is 6.73. The normalized spacial score (nSPS) is 18.7. The van der Waals surface area contributed by atoms with Crippen molar-refractivity contribution in [3.8, 4) is 0 Å². The summed E-state index contributed by atoms with van der Waals surface area (Å²) in [6, 6.07) is 6.10. The number of allylic oxidation sites excluding steroid dienone is 2. The Balaban J connectivity index is 2.30. The molecule has 1 aromatic rings. The molecule has 0 aromatic heterocycles. The lowest BCUT2D eigenvalue weighted by Crippen LogP contribution is -2.39. The Morgan fingerprint density at radius 1 is 1.38 bits per heavy atom. The van der Waals surface area contributed by atoms with E-state index in [0.717, 1.165) is 34.3 Å². The number of hydrogen-bond acceptors (Lipinski definition) is 2. The van der Waals surface area contributed by atoms with Gasteiger partial charge in [-0.05, 0) is 56.5 Å². The Morgan fingerprint density at radius 2 is 2.08 bits per heavy atom. The number of piperidine rings is 1. The first kappa shape index (κ1) is 21.5. The van der Waals surface area contributed by atoms with Gasteiger partial charge >= 0.3 is 0 Å². The van der Waals surface area contributed by atoms with Gasteiger partial charge in [0.2, 0.25) is 0 Å². The minimum Gasteiger partial charge on any atom is -0.498 e. The molecule has 1 atom stereocenters. The second-order valence-corrected chi connectivity index (χ2v) is 7.79. The van der Waals surface area contributed by atoms with Crippen molar-refractivity contribution in [1.82, 2.24) is 0 Å². The first-order chi connectivity index (χ1) is 12.4. The summed E-state index contributed by atoms with van der Waals surface area (Å²) < 4.78 is 33.8. The summed E-state index contributed by atoms with van der Waals surface area (Å²) in [6.45, 7) is 5.31. The van der Waals surface area contributed by atoms with Crippen molar-refractivity contribution < 1.29 is 13.5 Å². The fourth-order valence-electron chi connectivity index (χ4n) is 3.37. The van der Waals surface area contributed by atoms with Crippen molar-refractivity contribution in [3.63, 3.8) is 0 Å². The number of anilines is 1. The fourth-order valence-corrected chi connectivity index (χ4v) is 4.05. The maximum Gasteiger partial charge on any atom is 0.251 e. The Hall–Kier alpha value is -0.810. The van der Waals surface area contributed by atoms with Crippen molar-refractivity contribution >= 4 is 33.2 Å². The molecule has 2 rings (SSSR count). The van der Waals surface area contributed by atoms with Gasteiger partial charge in [0, 0.05) is 47.9 Å². The number of nitrogens with zero attached hydrogens (tertiary/aromatic N) is 1. The van der Waals surface area contributed by atoms with Gasteiger partial charge in [0.05, 0.1) is 12.4 Å². The third kappa shape index (κ3) is 5.59. The Kier molecular flexibility index (Phi) is 8.21. The minimum atomic E-state index is -2.54. The van der Waals surface area contributed by atoms with E-state index in [4.69, 9.17) is 16.3 Å². The van der Waals surface area contributed by atoms with Gasteiger partial charge in [-0.25, -0.2) is 8.78 Å². The van der Waals surface area contributed by atoms with Crippen molar-refractivity contribution in [1.29, 1.82) is 0 Å². The molecule has 0 saturated carbocycles. The lowest BCUT2D eigenvalue weighted by Gasteiger charge is -2.34. The van der Waals surface area contributed by atoms with Crippen LogP contribution in [0.5, 0.6) is 0 Å². The monoisotopic (exact) mass is 449 g/mol. The average Bonchev–Trinajstić information content (AvgIpc) is 2.62. The highest BCUT2D eigenvalue weighted by atomic mass is 79.9. The van der Waals surface area contributed by atoms with Crippen LogP contribution in [0.1, 0.15) is 51.0 Å². The number of alkyl halides is 3. The summed E-state index contributed by atoms with van der Waals surface area (Å²) in [5.41, 5.74) is 2.10. The summed E-state index contributed by atoms with van der Waals surface area (Å²) in [5, 5.41) is 0. The summed E-state index contributed by atoms with van der Waals surface area (Å²) in [6.07, 6.45) is 3.58. The maximum absolute atomic E-state index is 13.5. The van der Waals surface area contributed by atoms with Gasteiger partial charge < -0.3 is 9.64 Å². The second-order valence-electron chi connectivity index (χ2n) is 6.56. The standard InChI is InChI=1S/C20H27BrClF2NO/c1-3-19(26-4-2)16(6-5-11-22)17-14-15(7-8-18(17)21)25-12-9-20(23,24)10-13-25/h3,7-8,14,16H,4-6,9-13H2,1-2H3. The number of ether oxygens (including phenoxy) is 1. The van der Waals surface area contributed by atoms with E-state index < -0.39 is 5.92 Å². The van der Waals surface area contributed by atoms with Crippen LogP contribution in [0.25, 0.3) is 0 Å². The molecule has 1 fully saturated rings. The van der Waals surface area contributed by atoms with Crippen LogP contribution in [0, 0.1) is 0 Å². The molecule has 0 N–H and O–H groups in total. The Labute approximate surface area is 168 Å². The molecule has 0 spiro atoms. The SMILES string of the molecule is CC=C(OCC)C(CCCCl)c1cc(N2CCC(F)(F)CC2)ccc1Br. The number of halogens is 4. The smallest absolute Gasteiger partial charge is 0.251 e. The van der Waals surface area contributed by atoms with Gasteiger partial charge in [-0.2, -0.15) is 0 Å². The summed E-state index contributed by atoms with van der Waals surface area (Å²) in [7, 11) is 0. The molecular formula is C20H27BrClF2NO. The molecule has 0 amide bonds. The highest BCUT2D eigenvalue weighted by molar-refractivity contribution is 9.10. The lowest BCUT2D eigenvalue weighted by atomic mass is 9.91. The van der Waals surface area contributed by atoms with Crippen LogP contribution in [0.15, 0.2) is 34.5 Å². The van der Waals surface area contributed by atoms with Crippen molar-refractivity contribution in [2.45, 2.75) is 51.4 Å². The topological polar surface area (TPSA) is 12.5 Å². The molecule has 1 unspecified atom stereocenters. The first-order valence-corrected chi connectivity index (χ1v) is 10.5. The van der Waals surface area contributed by atoms with E-state index in [1.165, 1.54) is 0 Å². The van der Waals surface area contributed by atoms with Gasteiger partial charge in [0.1, 0.15) is 0 Å². The van der Waals surface area contributed by atoms with E-state index in [1.54, 1.807) is 0 Å². The molecule has 6 heteroatoms. The van der Waals surface area contributed by atoms with Gasteiger partial charge in [-0.3, -0.25) is 0 Å². The van der Waals surface area contributed by atoms with Crippen molar-refractivity contribution in [3.05, 3.63) is 40.1 Å². The van der Waals surface area contributed by atoms with E-state index in [1.807, 2.05) is 37.0 Å². The zero-order chi connectivity index (χ0) is 19.2. The molecule has 1 aliphatic heterocycles. The molecule has 2 nitrogen and oxygen atoms in total. The van der Waals surface area contributed by atoms with E-state index in [2.05, 4.69) is 22.0 Å². The summed E-state index contributed by atoms with van der Waals surface area (Å²) in [4.78, 5) is 2.04. The van der Waals surface area contributed by atoms with Crippen LogP contribution in [-0.2, 0) is 4.74 Å². The highest BCUT2D eigenvalue weighted by Gasteiger charge is 2.34. The van der Waals surface area contributed by atoms with Crippen molar-refractivity contribution in [2.24, 2.45) is 0 Å². The molecule has 1 saturated heterocycles. The van der Waals surface area contributed by atoms with Gasteiger partial charge in [0.25, 0.3) is 5.92 Å². The van der Waals surface area contributed by atoms with E-state index >= 15 is 0 Å². The zero-order valence-corrected chi connectivity index (χ0v) is 17.8. The fraction of sp³-hybridized carbons (Fsp3) is 0.600. The van der Waals surface area contributed by atoms with Crippen LogP contribution in [0.2, 0.25) is 0 Å².